The first-order valence-electron chi connectivity index (χ1n) is 10.9. The maximum absolute atomic E-state index is 15.8. The molecule has 0 aliphatic heterocycles. The molecular weight excluding hydrogens is 347 g/mol. The molecule has 3 atom stereocenters. The summed E-state index contributed by atoms with van der Waals surface area (Å²) in [6, 6.07) is 10.0. The molecule has 28 heavy (non-hydrogen) atoms. The molecule has 2 heteroatoms. The van der Waals surface area contributed by atoms with Gasteiger partial charge in [-0.25, -0.2) is 4.39 Å². The van der Waals surface area contributed by atoms with E-state index in [1.54, 1.807) is 0 Å². The molecule has 2 aliphatic rings. The fraction of sp³-hybridized carbons (Fsp3) is 0.577. The minimum absolute atomic E-state index is 0.0360. The fourth-order valence-electron chi connectivity index (χ4n) is 5.24. The number of ketones is 1. The van der Waals surface area contributed by atoms with Gasteiger partial charge in [0.05, 0.1) is 0 Å². The van der Waals surface area contributed by atoms with E-state index in [0.717, 1.165) is 50.5 Å². The number of Topliss-reactive ketones (excluding diaryl/α,β-unsaturated/α-hetero) is 1. The second kappa shape index (κ2) is 9.08. The average molecular weight is 381 g/mol. The topological polar surface area (TPSA) is 17.1 Å². The van der Waals surface area contributed by atoms with Crippen LogP contribution in [0.2, 0.25) is 0 Å². The van der Waals surface area contributed by atoms with Crippen molar-refractivity contribution in [3.05, 3.63) is 47.5 Å². The lowest BCUT2D eigenvalue weighted by Crippen LogP contribution is -2.46. The third-order valence-electron chi connectivity index (χ3n) is 7.04. The molecule has 0 aromatic heterocycles. The van der Waals surface area contributed by atoms with Gasteiger partial charge in [-0.2, -0.15) is 0 Å². The molecule has 1 aromatic rings. The maximum atomic E-state index is 15.8. The number of hydrogen-bond donors (Lipinski definition) is 0. The van der Waals surface area contributed by atoms with Crippen LogP contribution in [0.4, 0.5) is 4.39 Å². The summed E-state index contributed by atoms with van der Waals surface area (Å²) in [6.45, 7) is 4.18. The molecule has 150 valence electrons. The molecule has 2 fully saturated rings. The highest BCUT2D eigenvalue weighted by molar-refractivity contribution is 5.83. The van der Waals surface area contributed by atoms with E-state index in [1.807, 2.05) is 37.3 Å². The van der Waals surface area contributed by atoms with Gasteiger partial charge >= 0.3 is 0 Å². The van der Waals surface area contributed by atoms with E-state index in [0.29, 0.717) is 25.0 Å². The van der Waals surface area contributed by atoms with Crippen LogP contribution in [0.25, 0.3) is 0 Å². The largest absolute Gasteiger partial charge is 0.299 e. The van der Waals surface area contributed by atoms with Crippen LogP contribution in [0, 0.1) is 23.2 Å². The summed E-state index contributed by atoms with van der Waals surface area (Å²) in [5.74, 6) is 6.67. The first-order chi connectivity index (χ1) is 13.4. The zero-order chi connectivity index (χ0) is 20.0. The molecule has 2 saturated carbocycles. The van der Waals surface area contributed by atoms with Crippen molar-refractivity contribution in [2.24, 2.45) is 11.3 Å². The minimum atomic E-state index is -1.16. The fourth-order valence-corrected chi connectivity index (χ4v) is 5.24. The van der Waals surface area contributed by atoms with E-state index < -0.39 is 11.1 Å². The smallest absolute Gasteiger partial charge is 0.136 e. The Labute approximate surface area is 169 Å². The Hall–Kier alpha value is -1.88. The molecule has 1 nitrogen and oxygen atoms in total. The third-order valence-corrected chi connectivity index (χ3v) is 7.04. The Bertz CT molecular complexity index is 769. The standard InChI is InChI=1S/C26H33FO/c1-21(11-5-3-6-13-22-14-7-4-8-15-22)12-9-19-26(27)20-17-23-24(28)16-10-18-25(23,26)2/h4,7-8,11,14-15,23H,3,5,9-10,12,16-20H2,1-2H3/b21-11+. The van der Waals surface area contributed by atoms with Crippen LogP contribution < -0.4 is 0 Å². The van der Waals surface area contributed by atoms with Gasteiger partial charge in [0.25, 0.3) is 0 Å². The van der Waals surface area contributed by atoms with E-state index in [-0.39, 0.29) is 5.92 Å². The van der Waals surface area contributed by atoms with E-state index in [2.05, 4.69) is 24.8 Å². The Kier molecular flexibility index (Phi) is 6.76. The molecule has 0 bridgehead atoms. The number of rotatable bonds is 6. The molecule has 3 rings (SSSR count). The molecule has 0 saturated heterocycles. The summed E-state index contributed by atoms with van der Waals surface area (Å²) in [5, 5.41) is 0. The average Bonchev–Trinajstić information content (AvgIpc) is 2.95. The summed E-state index contributed by atoms with van der Waals surface area (Å²) >= 11 is 0. The number of allylic oxidation sites excluding steroid dienone is 2. The molecule has 0 heterocycles. The van der Waals surface area contributed by atoms with Crippen molar-refractivity contribution >= 4 is 5.78 Å². The lowest BCUT2D eigenvalue weighted by molar-refractivity contribution is -0.133. The number of alkyl halides is 1. The highest BCUT2D eigenvalue weighted by atomic mass is 19.1. The summed E-state index contributed by atoms with van der Waals surface area (Å²) < 4.78 is 15.8. The van der Waals surface area contributed by atoms with Crippen molar-refractivity contribution in [2.75, 3.05) is 0 Å². The van der Waals surface area contributed by atoms with Crippen molar-refractivity contribution in [2.45, 2.75) is 83.7 Å². The lowest BCUT2D eigenvalue weighted by atomic mass is 9.62. The number of carbonyl (C=O) groups excluding carboxylic acids is 1. The molecule has 3 unspecified atom stereocenters. The van der Waals surface area contributed by atoms with Gasteiger partial charge in [0.15, 0.2) is 0 Å². The zero-order valence-electron chi connectivity index (χ0n) is 17.4. The quantitative estimate of drug-likeness (QED) is 0.301. The van der Waals surface area contributed by atoms with Crippen LogP contribution >= 0.6 is 0 Å². The predicted octanol–water partition coefficient (Wildman–Crippen LogP) is 6.81. The van der Waals surface area contributed by atoms with E-state index in [1.165, 1.54) is 5.57 Å². The van der Waals surface area contributed by atoms with Crippen LogP contribution in [0.15, 0.2) is 42.0 Å². The number of halogens is 1. The Morgan fingerprint density at radius 1 is 1.29 bits per heavy atom. The molecule has 2 aliphatic carbocycles. The molecular formula is C26H33FO. The summed E-state index contributed by atoms with van der Waals surface area (Å²) in [6.07, 6.45) is 10.1. The van der Waals surface area contributed by atoms with Crippen LogP contribution in [-0.2, 0) is 4.79 Å². The Balaban J connectivity index is 1.43. The van der Waals surface area contributed by atoms with Gasteiger partial charge in [-0.3, -0.25) is 4.79 Å². The minimum Gasteiger partial charge on any atom is -0.299 e. The van der Waals surface area contributed by atoms with Crippen LogP contribution in [0.5, 0.6) is 0 Å². The van der Waals surface area contributed by atoms with Crippen molar-refractivity contribution in [3.63, 3.8) is 0 Å². The van der Waals surface area contributed by atoms with Gasteiger partial charge in [-0.05, 0) is 70.4 Å². The highest BCUT2D eigenvalue weighted by Gasteiger charge is 2.60. The zero-order valence-corrected chi connectivity index (χ0v) is 17.4. The second-order valence-corrected chi connectivity index (χ2v) is 8.90. The van der Waals surface area contributed by atoms with Crippen molar-refractivity contribution in [1.29, 1.82) is 0 Å². The number of unbranched alkanes of at least 4 members (excludes halogenated alkanes) is 1. The molecule has 0 radical (unpaired) electrons. The monoisotopic (exact) mass is 380 g/mol. The first-order valence-corrected chi connectivity index (χ1v) is 10.9. The third kappa shape index (κ3) is 4.57. The second-order valence-electron chi connectivity index (χ2n) is 8.90. The van der Waals surface area contributed by atoms with Gasteiger partial charge in [0.1, 0.15) is 11.5 Å². The maximum Gasteiger partial charge on any atom is 0.136 e. The van der Waals surface area contributed by atoms with Crippen molar-refractivity contribution in [1.82, 2.24) is 0 Å². The SMILES string of the molecule is C/C(=C\CCC#Cc1ccccc1)CCCC1(F)CCC2C(=O)CCCC21C. The first kappa shape index (κ1) is 20.8. The number of hydrogen-bond acceptors (Lipinski definition) is 1. The summed E-state index contributed by atoms with van der Waals surface area (Å²) in [7, 11) is 0. The highest BCUT2D eigenvalue weighted by Crippen LogP contribution is 2.60. The Morgan fingerprint density at radius 2 is 2.07 bits per heavy atom. The van der Waals surface area contributed by atoms with E-state index in [4.69, 9.17) is 0 Å². The van der Waals surface area contributed by atoms with Gasteiger partial charge in [0.2, 0.25) is 0 Å². The van der Waals surface area contributed by atoms with Gasteiger partial charge < -0.3 is 0 Å². The normalized spacial score (nSPS) is 29.9. The number of fused-ring (bicyclic) bond motifs is 1. The summed E-state index contributed by atoms with van der Waals surface area (Å²) in [5.41, 5.74) is 0.799. The lowest BCUT2D eigenvalue weighted by Gasteiger charge is -2.43. The molecule has 0 spiro atoms. The van der Waals surface area contributed by atoms with Crippen molar-refractivity contribution < 1.29 is 9.18 Å². The van der Waals surface area contributed by atoms with E-state index in [9.17, 15) is 4.79 Å². The summed E-state index contributed by atoms with van der Waals surface area (Å²) in [4.78, 5) is 12.2. The van der Waals surface area contributed by atoms with Crippen LogP contribution in [0.3, 0.4) is 0 Å². The molecule has 1 aromatic carbocycles. The van der Waals surface area contributed by atoms with Crippen molar-refractivity contribution in [3.8, 4) is 11.8 Å². The van der Waals surface area contributed by atoms with Crippen LogP contribution in [-0.4, -0.2) is 11.5 Å². The molecule has 0 amide bonds. The van der Waals surface area contributed by atoms with Gasteiger partial charge in [0, 0.05) is 29.7 Å². The van der Waals surface area contributed by atoms with Crippen LogP contribution in [0.1, 0.15) is 83.6 Å². The van der Waals surface area contributed by atoms with E-state index >= 15 is 4.39 Å². The Morgan fingerprint density at radius 3 is 2.86 bits per heavy atom. The van der Waals surface area contributed by atoms with Gasteiger partial charge in [-0.1, -0.05) is 48.6 Å². The number of carbonyl (C=O) groups is 1. The van der Waals surface area contributed by atoms with Gasteiger partial charge in [-0.15, -0.1) is 0 Å². The number of benzene rings is 1. The molecule has 0 N–H and O–H groups in total. The predicted molar refractivity (Wildman–Crippen MR) is 114 cm³/mol.